The molecule has 19 heavy (non-hydrogen) atoms. The van der Waals surface area contributed by atoms with Crippen LogP contribution < -0.4 is 10.2 Å². The van der Waals surface area contributed by atoms with Gasteiger partial charge in [-0.3, -0.25) is 0 Å². The molecule has 0 spiro atoms. The Bertz CT molecular complexity index is 431. The van der Waals surface area contributed by atoms with Gasteiger partial charge in [0.25, 0.3) is 0 Å². The summed E-state index contributed by atoms with van der Waals surface area (Å²) in [5.41, 5.74) is 1.87. The second-order valence-corrected chi connectivity index (χ2v) is 6.19. The second kappa shape index (κ2) is 5.91. The number of hydrogen-bond donors (Lipinski definition) is 1. The molecule has 1 aliphatic rings. The molecule has 0 bridgehead atoms. The molecular formula is C16H25FN2. The lowest BCUT2D eigenvalue weighted by Gasteiger charge is -2.41. The zero-order chi connectivity index (χ0) is 14.0. The molecule has 0 amide bonds. The maximum atomic E-state index is 14.1. The number of aryl methyl sites for hydroxylation is 1. The fraction of sp³-hybridized carbons (Fsp3) is 0.625. The summed E-state index contributed by atoms with van der Waals surface area (Å²) < 4.78 is 14.1. The van der Waals surface area contributed by atoms with Gasteiger partial charge in [0.1, 0.15) is 5.82 Å². The van der Waals surface area contributed by atoms with Gasteiger partial charge < -0.3 is 10.2 Å². The van der Waals surface area contributed by atoms with Gasteiger partial charge in [-0.2, -0.15) is 0 Å². The second-order valence-electron chi connectivity index (χ2n) is 6.19. The van der Waals surface area contributed by atoms with Crippen LogP contribution in [-0.4, -0.2) is 25.2 Å². The van der Waals surface area contributed by atoms with E-state index in [1.807, 2.05) is 19.1 Å². The highest BCUT2D eigenvalue weighted by atomic mass is 19.1. The van der Waals surface area contributed by atoms with Crippen LogP contribution in [0.15, 0.2) is 18.2 Å². The number of rotatable bonds is 3. The molecular weight excluding hydrogens is 239 g/mol. The van der Waals surface area contributed by atoms with Crippen LogP contribution in [-0.2, 0) is 0 Å². The summed E-state index contributed by atoms with van der Waals surface area (Å²) >= 11 is 0. The van der Waals surface area contributed by atoms with E-state index in [1.54, 1.807) is 6.07 Å². The summed E-state index contributed by atoms with van der Waals surface area (Å²) in [7, 11) is 0. The Morgan fingerprint density at radius 2 is 2.16 bits per heavy atom. The fourth-order valence-electron chi connectivity index (χ4n) is 2.83. The lowest BCUT2D eigenvalue weighted by atomic mass is 9.99. The third-order valence-electron chi connectivity index (χ3n) is 3.82. The van der Waals surface area contributed by atoms with Gasteiger partial charge in [0.05, 0.1) is 5.69 Å². The minimum atomic E-state index is -0.109. The average Bonchev–Trinajstić information content (AvgIpc) is 2.34. The Kier molecular flexibility index (Phi) is 4.46. The molecule has 0 aromatic heterocycles. The standard InChI is InChI=1S/C16H25FN2/c1-11(2)7-14-10-19(13(4)9-18-14)16-8-12(3)5-6-15(16)17/h5-6,8,11,13-14,18H,7,9-10H2,1-4H3. The van der Waals surface area contributed by atoms with Crippen molar-refractivity contribution >= 4 is 5.69 Å². The van der Waals surface area contributed by atoms with Gasteiger partial charge in [-0.05, 0) is 43.9 Å². The normalized spacial score (nSPS) is 24.0. The van der Waals surface area contributed by atoms with Crippen LogP contribution >= 0.6 is 0 Å². The van der Waals surface area contributed by atoms with Crippen LogP contribution in [0.25, 0.3) is 0 Å². The maximum absolute atomic E-state index is 14.1. The van der Waals surface area contributed by atoms with Gasteiger partial charge in [-0.15, -0.1) is 0 Å². The predicted molar refractivity (Wildman–Crippen MR) is 79.2 cm³/mol. The largest absolute Gasteiger partial charge is 0.364 e. The molecule has 2 atom stereocenters. The van der Waals surface area contributed by atoms with Gasteiger partial charge in [0, 0.05) is 25.2 Å². The summed E-state index contributed by atoms with van der Waals surface area (Å²) in [6.45, 7) is 10.4. The predicted octanol–water partition coefficient (Wildman–Crippen LogP) is 3.35. The molecule has 0 saturated carbocycles. The molecule has 1 N–H and O–H groups in total. The summed E-state index contributed by atoms with van der Waals surface area (Å²) in [6, 6.07) is 6.16. The molecule has 2 rings (SSSR count). The molecule has 1 heterocycles. The van der Waals surface area contributed by atoms with Crippen molar-refractivity contribution in [3.05, 3.63) is 29.6 Å². The van der Waals surface area contributed by atoms with Crippen molar-refractivity contribution in [2.75, 3.05) is 18.0 Å². The van der Waals surface area contributed by atoms with E-state index >= 15 is 0 Å². The molecule has 106 valence electrons. The highest BCUT2D eigenvalue weighted by Crippen LogP contribution is 2.25. The number of anilines is 1. The third-order valence-corrected chi connectivity index (χ3v) is 3.82. The van der Waals surface area contributed by atoms with Gasteiger partial charge in [-0.25, -0.2) is 4.39 Å². The minimum absolute atomic E-state index is 0.109. The monoisotopic (exact) mass is 264 g/mol. The van der Waals surface area contributed by atoms with Crippen molar-refractivity contribution in [2.24, 2.45) is 5.92 Å². The summed E-state index contributed by atoms with van der Waals surface area (Å²) in [4.78, 5) is 2.21. The number of halogens is 1. The number of nitrogens with zero attached hydrogens (tertiary/aromatic N) is 1. The molecule has 1 aliphatic heterocycles. The molecule has 1 saturated heterocycles. The number of hydrogen-bond acceptors (Lipinski definition) is 2. The average molecular weight is 264 g/mol. The summed E-state index contributed by atoms with van der Waals surface area (Å²) in [5, 5.41) is 3.57. The fourth-order valence-corrected chi connectivity index (χ4v) is 2.83. The van der Waals surface area contributed by atoms with E-state index in [-0.39, 0.29) is 5.82 Å². The molecule has 1 aromatic rings. The Morgan fingerprint density at radius 3 is 2.84 bits per heavy atom. The smallest absolute Gasteiger partial charge is 0.146 e. The first-order valence-corrected chi connectivity index (χ1v) is 7.23. The molecule has 0 radical (unpaired) electrons. The highest BCUT2D eigenvalue weighted by Gasteiger charge is 2.27. The first-order valence-electron chi connectivity index (χ1n) is 7.23. The molecule has 0 aliphatic carbocycles. The van der Waals surface area contributed by atoms with Gasteiger partial charge in [0.2, 0.25) is 0 Å². The molecule has 2 unspecified atom stereocenters. The minimum Gasteiger partial charge on any atom is -0.364 e. The topological polar surface area (TPSA) is 15.3 Å². The van der Waals surface area contributed by atoms with E-state index in [0.717, 1.165) is 30.8 Å². The number of nitrogens with one attached hydrogen (secondary N) is 1. The van der Waals surface area contributed by atoms with Gasteiger partial charge in [-0.1, -0.05) is 19.9 Å². The first-order chi connectivity index (χ1) is 8.97. The number of piperazine rings is 1. The van der Waals surface area contributed by atoms with Crippen LogP contribution in [0.2, 0.25) is 0 Å². The van der Waals surface area contributed by atoms with E-state index in [1.165, 1.54) is 0 Å². The van der Waals surface area contributed by atoms with Crippen molar-refractivity contribution in [3.63, 3.8) is 0 Å². The molecule has 2 nitrogen and oxygen atoms in total. The lowest BCUT2D eigenvalue weighted by Crippen LogP contribution is -2.56. The SMILES string of the molecule is Cc1ccc(F)c(N2CC(CC(C)C)NCC2C)c1. The summed E-state index contributed by atoms with van der Waals surface area (Å²) in [6.07, 6.45) is 1.14. The maximum Gasteiger partial charge on any atom is 0.146 e. The Morgan fingerprint density at radius 1 is 1.42 bits per heavy atom. The first kappa shape index (κ1) is 14.3. The highest BCUT2D eigenvalue weighted by molar-refractivity contribution is 5.51. The van der Waals surface area contributed by atoms with Crippen LogP contribution in [0.4, 0.5) is 10.1 Å². The van der Waals surface area contributed by atoms with Crippen molar-refractivity contribution in [1.82, 2.24) is 5.32 Å². The van der Waals surface area contributed by atoms with Crippen molar-refractivity contribution in [2.45, 2.75) is 46.2 Å². The van der Waals surface area contributed by atoms with Crippen molar-refractivity contribution in [1.29, 1.82) is 0 Å². The molecule has 1 fully saturated rings. The van der Waals surface area contributed by atoms with Crippen LogP contribution in [0.5, 0.6) is 0 Å². The van der Waals surface area contributed by atoms with Crippen LogP contribution in [0.1, 0.15) is 32.8 Å². The lowest BCUT2D eigenvalue weighted by molar-refractivity contribution is 0.354. The van der Waals surface area contributed by atoms with E-state index in [4.69, 9.17) is 0 Å². The van der Waals surface area contributed by atoms with Gasteiger partial charge in [0.15, 0.2) is 0 Å². The van der Waals surface area contributed by atoms with Gasteiger partial charge >= 0.3 is 0 Å². The van der Waals surface area contributed by atoms with E-state index in [9.17, 15) is 4.39 Å². The Balaban J connectivity index is 2.18. The Hall–Kier alpha value is -1.09. The zero-order valence-corrected chi connectivity index (χ0v) is 12.4. The third kappa shape index (κ3) is 3.47. The van der Waals surface area contributed by atoms with Crippen LogP contribution in [0, 0.1) is 18.7 Å². The quantitative estimate of drug-likeness (QED) is 0.900. The summed E-state index contributed by atoms with van der Waals surface area (Å²) in [5.74, 6) is 0.553. The van der Waals surface area contributed by atoms with E-state index in [0.29, 0.717) is 18.0 Å². The number of benzene rings is 1. The van der Waals surface area contributed by atoms with Crippen molar-refractivity contribution < 1.29 is 4.39 Å². The Labute approximate surface area is 116 Å². The van der Waals surface area contributed by atoms with E-state index in [2.05, 4.69) is 31.0 Å². The molecule has 1 aromatic carbocycles. The van der Waals surface area contributed by atoms with Crippen LogP contribution in [0.3, 0.4) is 0 Å². The van der Waals surface area contributed by atoms with Crippen molar-refractivity contribution in [3.8, 4) is 0 Å². The zero-order valence-electron chi connectivity index (χ0n) is 12.4. The van der Waals surface area contributed by atoms with E-state index < -0.39 is 0 Å². The molecule has 3 heteroatoms.